The first-order valence-electron chi connectivity index (χ1n) is 9.98. The highest BCUT2D eigenvalue weighted by molar-refractivity contribution is 5.14. The lowest BCUT2D eigenvalue weighted by atomic mass is 10.1. The van der Waals surface area contributed by atoms with Gasteiger partial charge < -0.3 is 28.8 Å². The van der Waals surface area contributed by atoms with E-state index in [-0.39, 0.29) is 6.61 Å². The molecule has 0 saturated carbocycles. The molecule has 6 nitrogen and oxygen atoms in total. The highest BCUT2D eigenvalue weighted by Crippen LogP contribution is 2.40. The number of hydrogen-bond donors (Lipinski definition) is 1. The summed E-state index contributed by atoms with van der Waals surface area (Å²) in [6.07, 6.45) is -2.89. The number of rotatable bonds is 8. The third-order valence-corrected chi connectivity index (χ3v) is 5.09. The monoisotopic (exact) mass is 400 g/mol. The van der Waals surface area contributed by atoms with Gasteiger partial charge >= 0.3 is 0 Å². The summed E-state index contributed by atoms with van der Waals surface area (Å²) in [5, 5.41) is 10.7. The van der Waals surface area contributed by atoms with Crippen LogP contribution in [0.4, 0.5) is 0 Å². The summed E-state index contributed by atoms with van der Waals surface area (Å²) in [5.74, 6) is -0.747. The number of benzene rings is 2. The maximum Gasteiger partial charge on any atom is 0.190 e. The molecule has 29 heavy (non-hydrogen) atoms. The highest BCUT2D eigenvalue weighted by Gasteiger charge is 2.57. The molecule has 4 rings (SSSR count). The van der Waals surface area contributed by atoms with Crippen molar-refractivity contribution < 1.29 is 28.8 Å². The topological polar surface area (TPSA) is 66.4 Å². The molecule has 0 radical (unpaired) electrons. The molecule has 0 unspecified atom stereocenters. The van der Waals surface area contributed by atoms with Crippen molar-refractivity contribution in [1.29, 1.82) is 0 Å². The van der Waals surface area contributed by atoms with Crippen LogP contribution in [0.1, 0.15) is 25.0 Å². The van der Waals surface area contributed by atoms with Crippen LogP contribution in [0.25, 0.3) is 0 Å². The zero-order valence-corrected chi connectivity index (χ0v) is 16.8. The van der Waals surface area contributed by atoms with E-state index >= 15 is 0 Å². The molecule has 2 saturated heterocycles. The average Bonchev–Trinajstić information content (AvgIpc) is 3.19. The van der Waals surface area contributed by atoms with E-state index in [0.29, 0.717) is 13.2 Å². The Hall–Kier alpha value is -1.80. The Labute approximate surface area is 171 Å². The molecule has 0 aliphatic carbocycles. The van der Waals surface area contributed by atoms with Gasteiger partial charge in [0.15, 0.2) is 12.1 Å². The summed E-state index contributed by atoms with van der Waals surface area (Å²) in [6, 6.07) is 19.7. The van der Waals surface area contributed by atoms with Crippen molar-refractivity contribution >= 4 is 0 Å². The minimum absolute atomic E-state index is 0.133. The first-order valence-corrected chi connectivity index (χ1v) is 9.98. The normalized spacial score (nSPS) is 28.9. The third-order valence-electron chi connectivity index (χ3n) is 5.09. The summed E-state index contributed by atoms with van der Waals surface area (Å²) in [5.41, 5.74) is 2.09. The van der Waals surface area contributed by atoms with E-state index in [0.717, 1.165) is 11.1 Å². The summed E-state index contributed by atoms with van der Waals surface area (Å²) >= 11 is 0. The Kier molecular flexibility index (Phi) is 6.29. The Morgan fingerprint density at radius 3 is 2.21 bits per heavy atom. The zero-order chi connectivity index (χ0) is 20.3. The molecule has 0 aromatic heterocycles. The summed E-state index contributed by atoms with van der Waals surface area (Å²) in [4.78, 5) is 0. The van der Waals surface area contributed by atoms with Crippen LogP contribution in [0.5, 0.6) is 0 Å². The van der Waals surface area contributed by atoms with Crippen molar-refractivity contribution in [2.45, 2.75) is 63.6 Å². The van der Waals surface area contributed by atoms with Crippen LogP contribution in [0.15, 0.2) is 60.7 Å². The first-order chi connectivity index (χ1) is 14.0. The smallest absolute Gasteiger partial charge is 0.190 e. The number of aliphatic hydroxyl groups excluding tert-OH is 1. The van der Waals surface area contributed by atoms with E-state index in [4.69, 9.17) is 23.7 Å². The Balaban J connectivity index is 1.38. The molecule has 6 heteroatoms. The van der Waals surface area contributed by atoms with Gasteiger partial charge in [0, 0.05) is 0 Å². The van der Waals surface area contributed by atoms with Gasteiger partial charge in [0.05, 0.1) is 19.8 Å². The van der Waals surface area contributed by atoms with E-state index < -0.39 is 36.5 Å². The van der Waals surface area contributed by atoms with Gasteiger partial charge in [0.1, 0.15) is 24.4 Å². The van der Waals surface area contributed by atoms with Crippen molar-refractivity contribution in [3.05, 3.63) is 71.8 Å². The van der Waals surface area contributed by atoms with Crippen LogP contribution < -0.4 is 0 Å². The number of hydrogen-bond acceptors (Lipinski definition) is 6. The molecule has 1 N–H and O–H groups in total. The number of aliphatic hydroxyl groups is 1. The van der Waals surface area contributed by atoms with Gasteiger partial charge in [-0.1, -0.05) is 60.7 Å². The van der Waals surface area contributed by atoms with E-state index in [1.165, 1.54) is 0 Å². The minimum atomic E-state index is -0.861. The molecule has 2 aliphatic rings. The third kappa shape index (κ3) is 5.04. The van der Waals surface area contributed by atoms with Gasteiger partial charge in [-0.3, -0.25) is 0 Å². The van der Waals surface area contributed by atoms with Crippen molar-refractivity contribution in [3.63, 3.8) is 0 Å². The van der Waals surface area contributed by atoms with Gasteiger partial charge in [0.25, 0.3) is 0 Å². The quantitative estimate of drug-likeness (QED) is 0.735. The molecule has 0 amide bonds. The standard InChI is InChI=1S/C23H28O6/c1-23(2)28-21-20(26-14-17-11-7-4-8-12-17)19(27-22(21)29-23)18(24)15-25-13-16-9-5-3-6-10-16/h3-12,18-22,24H,13-15H2,1-2H3/t18-,19+,20-,21+,22+/m0/s1. The van der Waals surface area contributed by atoms with E-state index in [2.05, 4.69) is 0 Å². The van der Waals surface area contributed by atoms with Gasteiger partial charge in [-0.2, -0.15) is 0 Å². The van der Waals surface area contributed by atoms with Gasteiger partial charge in [-0.25, -0.2) is 0 Å². The van der Waals surface area contributed by atoms with Crippen LogP contribution in [-0.4, -0.2) is 48.2 Å². The van der Waals surface area contributed by atoms with Gasteiger partial charge in [-0.15, -0.1) is 0 Å². The first kappa shape index (κ1) is 20.5. The molecule has 0 spiro atoms. The molecule has 2 aromatic carbocycles. The molecule has 2 aliphatic heterocycles. The minimum Gasteiger partial charge on any atom is -0.388 e. The number of fused-ring (bicyclic) bond motifs is 1. The van der Waals surface area contributed by atoms with Crippen LogP contribution in [0.3, 0.4) is 0 Å². The van der Waals surface area contributed by atoms with E-state index in [1.807, 2.05) is 74.5 Å². The zero-order valence-electron chi connectivity index (χ0n) is 16.8. The predicted octanol–water partition coefficient (Wildman–Crippen LogP) is 3.03. The van der Waals surface area contributed by atoms with Crippen LogP contribution in [0.2, 0.25) is 0 Å². The Morgan fingerprint density at radius 2 is 1.55 bits per heavy atom. The summed E-state index contributed by atoms with van der Waals surface area (Å²) < 4.78 is 29.7. The van der Waals surface area contributed by atoms with Crippen LogP contribution in [0, 0.1) is 0 Å². The van der Waals surface area contributed by atoms with Crippen molar-refractivity contribution in [3.8, 4) is 0 Å². The molecule has 5 atom stereocenters. The lowest BCUT2D eigenvalue weighted by Crippen LogP contribution is -2.44. The summed E-state index contributed by atoms with van der Waals surface area (Å²) in [6.45, 7) is 4.64. The van der Waals surface area contributed by atoms with E-state index in [9.17, 15) is 5.11 Å². The molecule has 0 bridgehead atoms. The SMILES string of the molecule is CC1(C)O[C@H]2O[C@H]([C@@H](O)COCc3ccccc3)[C@H](OCc3ccccc3)[C@H]2O1. The van der Waals surface area contributed by atoms with Crippen LogP contribution in [-0.2, 0) is 36.9 Å². The summed E-state index contributed by atoms with van der Waals surface area (Å²) in [7, 11) is 0. The lowest BCUT2D eigenvalue weighted by Gasteiger charge is -2.28. The fourth-order valence-corrected chi connectivity index (χ4v) is 3.74. The molecular formula is C23H28O6. The van der Waals surface area contributed by atoms with Crippen LogP contribution >= 0.6 is 0 Å². The van der Waals surface area contributed by atoms with Crippen molar-refractivity contribution in [1.82, 2.24) is 0 Å². The maximum absolute atomic E-state index is 10.7. The molecule has 2 fully saturated rings. The molecule has 2 heterocycles. The molecule has 2 aromatic rings. The molecule has 156 valence electrons. The van der Waals surface area contributed by atoms with Gasteiger partial charge in [0.2, 0.25) is 0 Å². The Morgan fingerprint density at radius 1 is 0.931 bits per heavy atom. The second kappa shape index (κ2) is 8.92. The second-order valence-electron chi connectivity index (χ2n) is 7.90. The van der Waals surface area contributed by atoms with Crippen molar-refractivity contribution in [2.75, 3.05) is 6.61 Å². The predicted molar refractivity (Wildman–Crippen MR) is 106 cm³/mol. The second-order valence-corrected chi connectivity index (χ2v) is 7.90. The van der Waals surface area contributed by atoms with Gasteiger partial charge in [-0.05, 0) is 25.0 Å². The highest BCUT2D eigenvalue weighted by atomic mass is 16.8. The lowest BCUT2D eigenvalue weighted by molar-refractivity contribution is -0.233. The fourth-order valence-electron chi connectivity index (χ4n) is 3.74. The Bertz CT molecular complexity index is 765. The fraction of sp³-hybridized carbons (Fsp3) is 0.478. The average molecular weight is 400 g/mol. The molecular weight excluding hydrogens is 372 g/mol. The maximum atomic E-state index is 10.7. The van der Waals surface area contributed by atoms with E-state index in [1.54, 1.807) is 0 Å². The number of ether oxygens (including phenoxy) is 5. The largest absolute Gasteiger partial charge is 0.388 e. The van der Waals surface area contributed by atoms with Crippen molar-refractivity contribution in [2.24, 2.45) is 0 Å².